The zero-order chi connectivity index (χ0) is 13.1. The fraction of sp³-hybridized carbons (Fsp3) is 0.357. The highest BCUT2D eigenvalue weighted by atomic mass is 16.5. The monoisotopic (exact) mass is 246 g/mol. The van der Waals surface area contributed by atoms with Gasteiger partial charge in [-0.3, -0.25) is 4.79 Å². The van der Waals surface area contributed by atoms with Crippen molar-refractivity contribution in [3.05, 3.63) is 40.2 Å². The van der Waals surface area contributed by atoms with Crippen LogP contribution in [0.1, 0.15) is 19.4 Å². The van der Waals surface area contributed by atoms with Gasteiger partial charge in [0.1, 0.15) is 5.75 Å². The Morgan fingerprint density at radius 3 is 2.78 bits per heavy atom. The number of H-pyrrole nitrogens is 1. The average Bonchev–Trinajstić information content (AvgIpc) is 2.35. The van der Waals surface area contributed by atoms with Crippen LogP contribution < -0.4 is 15.6 Å². The lowest BCUT2D eigenvalue weighted by atomic mass is 10.1. The quantitative estimate of drug-likeness (QED) is 0.868. The van der Waals surface area contributed by atoms with E-state index in [2.05, 4.69) is 24.1 Å². The number of nitrogens with one attached hydrogen (secondary N) is 2. The average molecular weight is 246 g/mol. The van der Waals surface area contributed by atoms with Gasteiger partial charge >= 0.3 is 0 Å². The molecule has 0 saturated heterocycles. The molecule has 0 unspecified atom stereocenters. The summed E-state index contributed by atoms with van der Waals surface area (Å²) in [5.41, 5.74) is 1.53. The molecule has 96 valence electrons. The van der Waals surface area contributed by atoms with Crippen LogP contribution in [0.3, 0.4) is 0 Å². The topological polar surface area (TPSA) is 54.1 Å². The molecule has 2 N–H and O–H groups in total. The SMILES string of the molecule is COc1ccc2[nH]c(=O)c(CNC(C)C)cc2c1. The number of ether oxygens (including phenoxy) is 1. The third kappa shape index (κ3) is 2.71. The molecule has 0 radical (unpaired) electrons. The van der Waals surface area contributed by atoms with Gasteiger partial charge in [-0.1, -0.05) is 13.8 Å². The summed E-state index contributed by atoms with van der Waals surface area (Å²) < 4.78 is 5.18. The van der Waals surface area contributed by atoms with Crippen LogP contribution >= 0.6 is 0 Å². The minimum absolute atomic E-state index is 0.0409. The van der Waals surface area contributed by atoms with E-state index >= 15 is 0 Å². The molecule has 2 aromatic rings. The van der Waals surface area contributed by atoms with Crippen LogP contribution in [-0.2, 0) is 6.54 Å². The van der Waals surface area contributed by atoms with Gasteiger partial charge in [-0.05, 0) is 24.3 Å². The minimum Gasteiger partial charge on any atom is -0.497 e. The number of hydrogen-bond acceptors (Lipinski definition) is 3. The van der Waals surface area contributed by atoms with Crippen molar-refractivity contribution in [1.29, 1.82) is 0 Å². The number of aromatic nitrogens is 1. The molecule has 0 atom stereocenters. The lowest BCUT2D eigenvalue weighted by Crippen LogP contribution is -2.26. The van der Waals surface area contributed by atoms with Crippen LogP contribution in [0.25, 0.3) is 10.9 Å². The normalized spacial score (nSPS) is 11.1. The summed E-state index contributed by atoms with van der Waals surface area (Å²) in [6, 6.07) is 7.88. The number of fused-ring (bicyclic) bond motifs is 1. The number of rotatable bonds is 4. The summed E-state index contributed by atoms with van der Waals surface area (Å²) >= 11 is 0. The molecule has 0 aliphatic carbocycles. The summed E-state index contributed by atoms with van der Waals surface area (Å²) in [4.78, 5) is 14.8. The Kier molecular flexibility index (Phi) is 3.67. The van der Waals surface area contributed by atoms with E-state index in [0.29, 0.717) is 12.6 Å². The van der Waals surface area contributed by atoms with Gasteiger partial charge in [-0.2, -0.15) is 0 Å². The van der Waals surface area contributed by atoms with Crippen molar-refractivity contribution in [3.63, 3.8) is 0 Å². The van der Waals surface area contributed by atoms with E-state index in [9.17, 15) is 4.79 Å². The number of benzene rings is 1. The lowest BCUT2D eigenvalue weighted by molar-refractivity contribution is 0.415. The Morgan fingerprint density at radius 2 is 2.11 bits per heavy atom. The van der Waals surface area contributed by atoms with Gasteiger partial charge in [0, 0.05) is 29.1 Å². The smallest absolute Gasteiger partial charge is 0.252 e. The van der Waals surface area contributed by atoms with Crippen molar-refractivity contribution in [2.45, 2.75) is 26.4 Å². The van der Waals surface area contributed by atoms with E-state index in [-0.39, 0.29) is 5.56 Å². The fourth-order valence-corrected chi connectivity index (χ4v) is 1.80. The zero-order valence-electron chi connectivity index (χ0n) is 10.9. The maximum atomic E-state index is 11.9. The van der Waals surface area contributed by atoms with Crippen molar-refractivity contribution in [3.8, 4) is 5.75 Å². The number of pyridine rings is 1. The number of hydrogen-bond donors (Lipinski definition) is 2. The van der Waals surface area contributed by atoms with E-state index < -0.39 is 0 Å². The fourth-order valence-electron chi connectivity index (χ4n) is 1.80. The minimum atomic E-state index is -0.0409. The number of methoxy groups -OCH3 is 1. The first-order valence-electron chi connectivity index (χ1n) is 6.03. The van der Waals surface area contributed by atoms with Crippen LogP contribution in [0.2, 0.25) is 0 Å². The van der Waals surface area contributed by atoms with Gasteiger partial charge in [0.25, 0.3) is 5.56 Å². The van der Waals surface area contributed by atoms with Crippen LogP contribution in [0.5, 0.6) is 5.75 Å². The molecule has 1 heterocycles. The molecular formula is C14H18N2O2. The van der Waals surface area contributed by atoms with Gasteiger partial charge in [0.05, 0.1) is 7.11 Å². The van der Waals surface area contributed by atoms with Gasteiger partial charge in [-0.15, -0.1) is 0 Å². The molecule has 0 aliphatic rings. The van der Waals surface area contributed by atoms with Crippen LogP contribution in [0, 0.1) is 0 Å². The van der Waals surface area contributed by atoms with Crippen molar-refractivity contribution in [2.24, 2.45) is 0 Å². The Morgan fingerprint density at radius 1 is 1.33 bits per heavy atom. The summed E-state index contributed by atoms with van der Waals surface area (Å²) in [6.07, 6.45) is 0. The molecule has 4 nitrogen and oxygen atoms in total. The largest absolute Gasteiger partial charge is 0.497 e. The highest BCUT2D eigenvalue weighted by Gasteiger charge is 2.04. The molecule has 0 saturated carbocycles. The molecule has 0 aliphatic heterocycles. The molecule has 0 bridgehead atoms. The molecule has 0 fully saturated rings. The molecular weight excluding hydrogens is 228 g/mol. The van der Waals surface area contributed by atoms with Gasteiger partial charge < -0.3 is 15.0 Å². The Bertz CT molecular complexity index is 602. The Balaban J connectivity index is 2.42. The van der Waals surface area contributed by atoms with Crippen LogP contribution in [0.15, 0.2) is 29.1 Å². The Labute approximate surface area is 106 Å². The first-order chi connectivity index (χ1) is 8.60. The van der Waals surface area contributed by atoms with E-state index in [1.54, 1.807) is 7.11 Å². The predicted octanol–water partition coefficient (Wildman–Crippen LogP) is 2.03. The third-order valence-electron chi connectivity index (χ3n) is 2.83. The summed E-state index contributed by atoms with van der Waals surface area (Å²) in [5.74, 6) is 0.789. The molecule has 4 heteroatoms. The van der Waals surface area contributed by atoms with Crippen molar-refractivity contribution >= 4 is 10.9 Å². The van der Waals surface area contributed by atoms with Crippen molar-refractivity contribution in [1.82, 2.24) is 10.3 Å². The first kappa shape index (κ1) is 12.6. The number of aromatic amines is 1. The second kappa shape index (κ2) is 5.23. The maximum Gasteiger partial charge on any atom is 0.252 e. The van der Waals surface area contributed by atoms with E-state index in [1.807, 2.05) is 24.3 Å². The van der Waals surface area contributed by atoms with Crippen molar-refractivity contribution < 1.29 is 4.74 Å². The first-order valence-corrected chi connectivity index (χ1v) is 6.03. The predicted molar refractivity (Wildman–Crippen MR) is 73.1 cm³/mol. The van der Waals surface area contributed by atoms with E-state index in [1.165, 1.54) is 0 Å². The van der Waals surface area contributed by atoms with E-state index in [4.69, 9.17) is 4.74 Å². The zero-order valence-corrected chi connectivity index (χ0v) is 10.9. The van der Waals surface area contributed by atoms with Crippen molar-refractivity contribution in [2.75, 3.05) is 7.11 Å². The highest BCUT2D eigenvalue weighted by Crippen LogP contribution is 2.18. The molecule has 2 rings (SSSR count). The summed E-state index contributed by atoms with van der Waals surface area (Å²) in [5, 5.41) is 4.23. The molecule has 1 aromatic heterocycles. The highest BCUT2D eigenvalue weighted by molar-refractivity contribution is 5.80. The van der Waals surface area contributed by atoms with Gasteiger partial charge in [0.2, 0.25) is 0 Å². The van der Waals surface area contributed by atoms with Gasteiger partial charge in [0.15, 0.2) is 0 Å². The van der Waals surface area contributed by atoms with Crippen LogP contribution in [0.4, 0.5) is 0 Å². The maximum absolute atomic E-state index is 11.9. The van der Waals surface area contributed by atoms with Gasteiger partial charge in [-0.25, -0.2) is 0 Å². The molecule has 0 spiro atoms. The second-order valence-electron chi connectivity index (χ2n) is 4.61. The van der Waals surface area contributed by atoms with E-state index in [0.717, 1.165) is 22.2 Å². The molecule has 1 aromatic carbocycles. The van der Waals surface area contributed by atoms with Crippen LogP contribution in [-0.4, -0.2) is 18.1 Å². The summed E-state index contributed by atoms with van der Waals surface area (Å²) in [7, 11) is 1.63. The summed E-state index contributed by atoms with van der Waals surface area (Å²) in [6.45, 7) is 4.68. The molecule has 18 heavy (non-hydrogen) atoms. The molecule has 0 amide bonds. The third-order valence-corrected chi connectivity index (χ3v) is 2.83. The lowest BCUT2D eigenvalue weighted by Gasteiger charge is -2.08. The Hall–Kier alpha value is -1.81. The standard InChI is InChI=1S/C14H18N2O2/c1-9(2)15-8-11-6-10-7-12(18-3)4-5-13(10)16-14(11)17/h4-7,9,15H,8H2,1-3H3,(H,16,17). The second-order valence-corrected chi connectivity index (χ2v) is 4.61.